The summed E-state index contributed by atoms with van der Waals surface area (Å²) in [6, 6.07) is 7.30. The molecule has 0 saturated carbocycles. The summed E-state index contributed by atoms with van der Waals surface area (Å²) in [5.74, 6) is -0.849. The number of hydrogen-bond acceptors (Lipinski definition) is 1. The van der Waals surface area contributed by atoms with Crippen molar-refractivity contribution >= 4 is 15.9 Å². The zero-order chi connectivity index (χ0) is 13.1. The van der Waals surface area contributed by atoms with Gasteiger partial charge < -0.3 is 0 Å². The Hall–Kier alpha value is -1.29. The number of aryl methyl sites for hydroxylation is 1. The molecule has 0 saturated heterocycles. The third-order valence-electron chi connectivity index (χ3n) is 2.66. The van der Waals surface area contributed by atoms with Crippen LogP contribution in [0.2, 0.25) is 0 Å². The number of halogens is 3. The molecule has 0 amide bonds. The van der Waals surface area contributed by atoms with Gasteiger partial charge in [-0.1, -0.05) is 22.0 Å². The molecule has 1 unspecified atom stereocenters. The van der Waals surface area contributed by atoms with E-state index in [9.17, 15) is 8.78 Å². The van der Waals surface area contributed by atoms with Gasteiger partial charge in [-0.2, -0.15) is 0 Å². The lowest BCUT2D eigenvalue weighted by Gasteiger charge is -2.11. The molecule has 1 aromatic heterocycles. The third kappa shape index (κ3) is 3.13. The van der Waals surface area contributed by atoms with Gasteiger partial charge in [0.05, 0.1) is 0 Å². The molecule has 0 radical (unpaired) electrons. The Bertz CT molecular complexity index is 540. The lowest BCUT2D eigenvalue weighted by molar-refractivity contribution is 0.583. The van der Waals surface area contributed by atoms with Crippen LogP contribution in [-0.4, -0.2) is 4.98 Å². The molecule has 0 aliphatic rings. The van der Waals surface area contributed by atoms with E-state index in [-0.39, 0.29) is 4.83 Å². The molecule has 0 N–H and O–H groups in total. The molecule has 1 atom stereocenters. The van der Waals surface area contributed by atoms with Crippen LogP contribution < -0.4 is 0 Å². The van der Waals surface area contributed by atoms with E-state index in [1.807, 2.05) is 19.1 Å². The summed E-state index contributed by atoms with van der Waals surface area (Å²) in [5, 5.41) is 0. The highest BCUT2D eigenvalue weighted by molar-refractivity contribution is 9.09. The Morgan fingerprint density at radius 1 is 1.22 bits per heavy atom. The third-order valence-corrected chi connectivity index (χ3v) is 3.47. The summed E-state index contributed by atoms with van der Waals surface area (Å²) >= 11 is 3.38. The molecule has 94 valence electrons. The second-order valence-corrected chi connectivity index (χ2v) is 5.27. The Labute approximate surface area is 113 Å². The number of hydrogen-bond donors (Lipinski definition) is 0. The first-order chi connectivity index (χ1) is 8.56. The van der Waals surface area contributed by atoms with Gasteiger partial charge >= 0.3 is 0 Å². The predicted molar refractivity (Wildman–Crippen MR) is 70.7 cm³/mol. The van der Waals surface area contributed by atoms with Crippen LogP contribution in [0.15, 0.2) is 36.5 Å². The standard InChI is InChI=1S/C14H12BrF2N/c1-9-2-4-11(18-8-9)7-13(15)12-6-10(16)3-5-14(12)17/h2-6,8,13H,7H2,1H3. The van der Waals surface area contributed by atoms with Crippen molar-refractivity contribution in [3.8, 4) is 0 Å². The minimum absolute atomic E-state index is 0.289. The molecule has 0 fully saturated rings. The molecule has 0 bridgehead atoms. The molecule has 1 heterocycles. The van der Waals surface area contributed by atoms with Crippen LogP contribution in [0.4, 0.5) is 8.78 Å². The maximum absolute atomic E-state index is 13.6. The number of alkyl halides is 1. The number of nitrogens with zero attached hydrogens (tertiary/aromatic N) is 1. The summed E-state index contributed by atoms with van der Waals surface area (Å²) in [7, 11) is 0. The maximum Gasteiger partial charge on any atom is 0.127 e. The molecule has 18 heavy (non-hydrogen) atoms. The van der Waals surface area contributed by atoms with E-state index in [0.29, 0.717) is 12.0 Å². The Kier molecular flexibility index (Phi) is 4.07. The summed E-state index contributed by atoms with van der Waals surface area (Å²) < 4.78 is 26.7. The average molecular weight is 312 g/mol. The fourth-order valence-electron chi connectivity index (χ4n) is 1.67. The Morgan fingerprint density at radius 2 is 2.00 bits per heavy atom. The first kappa shape index (κ1) is 13.1. The summed E-state index contributed by atoms with van der Waals surface area (Å²) in [6.45, 7) is 1.95. The predicted octanol–water partition coefficient (Wildman–Crippen LogP) is 4.35. The molecule has 4 heteroatoms. The Morgan fingerprint density at radius 3 is 2.67 bits per heavy atom. The Balaban J connectivity index is 2.18. The van der Waals surface area contributed by atoms with Gasteiger partial charge in [0, 0.05) is 28.7 Å². The van der Waals surface area contributed by atoms with Crippen LogP contribution in [-0.2, 0) is 6.42 Å². The van der Waals surface area contributed by atoms with Crippen molar-refractivity contribution in [3.63, 3.8) is 0 Å². The second-order valence-electron chi connectivity index (χ2n) is 4.16. The summed E-state index contributed by atoms with van der Waals surface area (Å²) in [6.07, 6.45) is 2.28. The summed E-state index contributed by atoms with van der Waals surface area (Å²) in [5.41, 5.74) is 2.23. The average Bonchev–Trinajstić information content (AvgIpc) is 2.35. The van der Waals surface area contributed by atoms with Gasteiger partial charge in [0.1, 0.15) is 11.6 Å². The van der Waals surface area contributed by atoms with E-state index in [4.69, 9.17) is 0 Å². The first-order valence-electron chi connectivity index (χ1n) is 5.57. The molecule has 2 aromatic rings. The molecule has 0 spiro atoms. The van der Waals surface area contributed by atoms with E-state index in [2.05, 4.69) is 20.9 Å². The number of aromatic nitrogens is 1. The normalized spacial score (nSPS) is 12.4. The van der Waals surface area contributed by atoms with Crippen molar-refractivity contribution < 1.29 is 8.78 Å². The highest BCUT2D eigenvalue weighted by atomic mass is 79.9. The van der Waals surface area contributed by atoms with Crippen LogP contribution in [0, 0.1) is 18.6 Å². The topological polar surface area (TPSA) is 12.9 Å². The molecule has 0 aliphatic heterocycles. The van der Waals surface area contributed by atoms with Crippen LogP contribution in [0.5, 0.6) is 0 Å². The van der Waals surface area contributed by atoms with E-state index >= 15 is 0 Å². The monoisotopic (exact) mass is 311 g/mol. The smallest absolute Gasteiger partial charge is 0.127 e. The number of benzene rings is 1. The molecule has 0 aliphatic carbocycles. The van der Waals surface area contributed by atoms with Gasteiger partial charge in [-0.25, -0.2) is 8.78 Å². The fraction of sp³-hybridized carbons (Fsp3) is 0.214. The molecular formula is C14H12BrF2N. The van der Waals surface area contributed by atoms with Gasteiger partial charge in [-0.15, -0.1) is 0 Å². The minimum atomic E-state index is -0.437. The van der Waals surface area contributed by atoms with Gasteiger partial charge in [0.2, 0.25) is 0 Å². The van der Waals surface area contributed by atoms with E-state index in [1.54, 1.807) is 6.20 Å². The van der Waals surface area contributed by atoms with Crippen LogP contribution in [0.1, 0.15) is 21.6 Å². The van der Waals surface area contributed by atoms with Crippen molar-refractivity contribution in [3.05, 3.63) is 65.0 Å². The van der Waals surface area contributed by atoms with E-state index in [1.165, 1.54) is 6.07 Å². The zero-order valence-corrected chi connectivity index (χ0v) is 11.4. The van der Waals surface area contributed by atoms with Crippen LogP contribution in [0.25, 0.3) is 0 Å². The minimum Gasteiger partial charge on any atom is -0.261 e. The van der Waals surface area contributed by atoms with Gasteiger partial charge in [0.25, 0.3) is 0 Å². The van der Waals surface area contributed by atoms with Crippen LogP contribution >= 0.6 is 15.9 Å². The largest absolute Gasteiger partial charge is 0.261 e. The van der Waals surface area contributed by atoms with Crippen molar-refractivity contribution in [1.29, 1.82) is 0 Å². The van der Waals surface area contributed by atoms with Crippen LogP contribution in [0.3, 0.4) is 0 Å². The molecule has 2 rings (SSSR count). The highest BCUT2D eigenvalue weighted by Gasteiger charge is 2.14. The quantitative estimate of drug-likeness (QED) is 0.768. The van der Waals surface area contributed by atoms with Crippen molar-refractivity contribution in [2.75, 3.05) is 0 Å². The lowest BCUT2D eigenvalue weighted by atomic mass is 10.1. The SMILES string of the molecule is Cc1ccc(CC(Br)c2cc(F)ccc2F)nc1. The number of rotatable bonds is 3. The highest BCUT2D eigenvalue weighted by Crippen LogP contribution is 2.29. The lowest BCUT2D eigenvalue weighted by Crippen LogP contribution is -2.01. The van der Waals surface area contributed by atoms with E-state index < -0.39 is 11.6 Å². The second kappa shape index (κ2) is 5.57. The molecular weight excluding hydrogens is 300 g/mol. The number of pyridine rings is 1. The molecule has 1 aromatic carbocycles. The van der Waals surface area contributed by atoms with Gasteiger partial charge in [-0.05, 0) is 36.8 Å². The summed E-state index contributed by atoms with van der Waals surface area (Å²) in [4.78, 5) is 3.96. The van der Waals surface area contributed by atoms with Crippen molar-refractivity contribution in [2.24, 2.45) is 0 Å². The fourth-order valence-corrected chi connectivity index (χ4v) is 2.35. The van der Waals surface area contributed by atoms with Crippen molar-refractivity contribution in [1.82, 2.24) is 4.98 Å². The maximum atomic E-state index is 13.6. The van der Waals surface area contributed by atoms with Gasteiger partial charge in [0.15, 0.2) is 0 Å². The first-order valence-corrected chi connectivity index (χ1v) is 6.48. The zero-order valence-electron chi connectivity index (χ0n) is 9.83. The van der Waals surface area contributed by atoms with Crippen molar-refractivity contribution in [2.45, 2.75) is 18.2 Å². The van der Waals surface area contributed by atoms with Gasteiger partial charge in [-0.3, -0.25) is 4.98 Å². The molecule has 1 nitrogen and oxygen atoms in total. The van der Waals surface area contributed by atoms with E-state index in [0.717, 1.165) is 23.4 Å².